The lowest BCUT2D eigenvalue weighted by atomic mass is 10.1. The van der Waals surface area contributed by atoms with Crippen LogP contribution in [-0.4, -0.2) is 25.6 Å². The summed E-state index contributed by atoms with van der Waals surface area (Å²) in [7, 11) is 1.69. The molecule has 0 aromatic heterocycles. The van der Waals surface area contributed by atoms with Crippen molar-refractivity contribution in [3.05, 3.63) is 35.4 Å². The van der Waals surface area contributed by atoms with Crippen molar-refractivity contribution in [2.45, 2.75) is 25.8 Å². The monoisotopic (exact) mass is 267 g/mol. The van der Waals surface area contributed by atoms with Crippen molar-refractivity contribution < 1.29 is 8.78 Å². The lowest BCUT2D eigenvalue weighted by molar-refractivity contribution is 0.553. The summed E-state index contributed by atoms with van der Waals surface area (Å²) in [6.07, 6.45) is 1.43. The van der Waals surface area contributed by atoms with Gasteiger partial charge in [0.15, 0.2) is 5.96 Å². The van der Waals surface area contributed by atoms with Crippen molar-refractivity contribution in [3.8, 4) is 0 Å². The minimum absolute atomic E-state index is 0.116. The molecule has 1 aromatic rings. The SMILES string of the molecule is CN=C(NCCc1c(F)cccc1F)NC1CC1C. The van der Waals surface area contributed by atoms with E-state index in [2.05, 4.69) is 22.5 Å². The minimum atomic E-state index is -0.499. The topological polar surface area (TPSA) is 36.4 Å². The molecule has 2 N–H and O–H groups in total. The third kappa shape index (κ3) is 3.66. The first-order chi connectivity index (χ1) is 9.11. The highest BCUT2D eigenvalue weighted by molar-refractivity contribution is 5.80. The number of nitrogens with zero attached hydrogens (tertiary/aromatic N) is 1. The predicted octanol–water partition coefficient (Wildman–Crippen LogP) is 2.08. The van der Waals surface area contributed by atoms with Crippen molar-refractivity contribution in [2.75, 3.05) is 13.6 Å². The largest absolute Gasteiger partial charge is 0.356 e. The Hall–Kier alpha value is -1.65. The third-order valence-corrected chi connectivity index (χ3v) is 3.38. The summed E-state index contributed by atoms with van der Waals surface area (Å²) in [5.41, 5.74) is 0.116. The van der Waals surface area contributed by atoms with Gasteiger partial charge in [0.1, 0.15) is 11.6 Å². The normalized spacial score (nSPS) is 22.2. The second kappa shape index (κ2) is 5.99. The van der Waals surface area contributed by atoms with Crippen LogP contribution in [-0.2, 0) is 6.42 Å². The van der Waals surface area contributed by atoms with Gasteiger partial charge in [0, 0.05) is 25.2 Å². The summed E-state index contributed by atoms with van der Waals surface area (Å²) in [5, 5.41) is 6.33. The highest BCUT2D eigenvalue weighted by Gasteiger charge is 2.33. The standard InChI is InChI=1S/C14H19F2N3/c1-9-8-13(9)19-14(17-2)18-7-6-10-11(15)4-3-5-12(10)16/h3-5,9,13H,6-8H2,1-2H3,(H2,17,18,19). The highest BCUT2D eigenvalue weighted by atomic mass is 19.1. The Labute approximate surface area is 112 Å². The lowest BCUT2D eigenvalue weighted by Crippen LogP contribution is -2.40. The van der Waals surface area contributed by atoms with E-state index in [-0.39, 0.29) is 5.56 Å². The minimum Gasteiger partial charge on any atom is -0.356 e. The zero-order valence-electron chi connectivity index (χ0n) is 11.2. The molecular formula is C14H19F2N3. The molecule has 5 heteroatoms. The van der Waals surface area contributed by atoms with E-state index < -0.39 is 11.6 Å². The molecule has 0 radical (unpaired) electrons. The van der Waals surface area contributed by atoms with Crippen molar-refractivity contribution in [1.82, 2.24) is 10.6 Å². The molecule has 1 aromatic carbocycles. The fourth-order valence-electron chi connectivity index (χ4n) is 1.97. The Kier molecular flexibility index (Phi) is 4.35. The van der Waals surface area contributed by atoms with Crippen molar-refractivity contribution >= 4 is 5.96 Å². The van der Waals surface area contributed by atoms with E-state index in [4.69, 9.17) is 0 Å². The molecule has 0 spiro atoms. The fourth-order valence-corrected chi connectivity index (χ4v) is 1.97. The number of guanidine groups is 1. The van der Waals surface area contributed by atoms with Crippen LogP contribution in [0.4, 0.5) is 8.78 Å². The van der Waals surface area contributed by atoms with E-state index in [1.54, 1.807) is 7.05 Å². The maximum absolute atomic E-state index is 13.4. The first kappa shape index (κ1) is 13.8. The van der Waals surface area contributed by atoms with Crippen molar-refractivity contribution in [3.63, 3.8) is 0 Å². The van der Waals surface area contributed by atoms with Crippen molar-refractivity contribution in [1.29, 1.82) is 0 Å². The van der Waals surface area contributed by atoms with Gasteiger partial charge in [-0.15, -0.1) is 0 Å². The van der Waals surface area contributed by atoms with Crippen LogP contribution >= 0.6 is 0 Å². The van der Waals surface area contributed by atoms with Gasteiger partial charge in [-0.1, -0.05) is 13.0 Å². The molecule has 1 fully saturated rings. The van der Waals surface area contributed by atoms with Gasteiger partial charge in [-0.3, -0.25) is 4.99 Å². The average molecular weight is 267 g/mol. The number of aliphatic imine (C=N–C) groups is 1. The molecule has 3 nitrogen and oxygen atoms in total. The Bertz CT molecular complexity index is 454. The molecule has 2 atom stereocenters. The van der Waals surface area contributed by atoms with E-state index in [0.29, 0.717) is 30.9 Å². The molecule has 0 aliphatic heterocycles. The third-order valence-electron chi connectivity index (χ3n) is 3.38. The Morgan fingerprint density at radius 2 is 2.00 bits per heavy atom. The maximum atomic E-state index is 13.4. The highest BCUT2D eigenvalue weighted by Crippen LogP contribution is 2.28. The Morgan fingerprint density at radius 1 is 1.37 bits per heavy atom. The van der Waals surface area contributed by atoms with Gasteiger partial charge in [0.2, 0.25) is 0 Å². The van der Waals surface area contributed by atoms with Gasteiger partial charge >= 0.3 is 0 Å². The molecular weight excluding hydrogens is 248 g/mol. The zero-order chi connectivity index (χ0) is 13.8. The van der Waals surface area contributed by atoms with Crippen LogP contribution in [0.1, 0.15) is 18.9 Å². The molecule has 0 heterocycles. The first-order valence-corrected chi connectivity index (χ1v) is 6.52. The number of benzene rings is 1. The van der Waals surface area contributed by atoms with Gasteiger partial charge in [-0.25, -0.2) is 8.78 Å². The molecule has 19 heavy (non-hydrogen) atoms. The van der Waals surface area contributed by atoms with Crippen LogP contribution < -0.4 is 10.6 Å². The van der Waals surface area contributed by atoms with Crippen LogP contribution in [0.15, 0.2) is 23.2 Å². The molecule has 1 aliphatic carbocycles. The summed E-state index contributed by atoms with van der Waals surface area (Å²) in [6.45, 7) is 2.61. The molecule has 2 rings (SSSR count). The van der Waals surface area contributed by atoms with E-state index in [1.165, 1.54) is 18.2 Å². The summed E-state index contributed by atoms with van der Waals surface area (Å²) in [5.74, 6) is 0.356. The summed E-state index contributed by atoms with van der Waals surface area (Å²) in [6, 6.07) is 4.39. The quantitative estimate of drug-likeness (QED) is 0.647. The molecule has 0 bridgehead atoms. The summed E-state index contributed by atoms with van der Waals surface area (Å²) < 4.78 is 26.8. The number of halogens is 2. The molecule has 1 aliphatic rings. The van der Waals surface area contributed by atoms with E-state index in [1.807, 2.05) is 0 Å². The van der Waals surface area contributed by atoms with Gasteiger partial charge in [0.25, 0.3) is 0 Å². The number of nitrogens with one attached hydrogen (secondary N) is 2. The number of hydrogen-bond donors (Lipinski definition) is 2. The van der Waals surface area contributed by atoms with E-state index in [9.17, 15) is 8.78 Å². The van der Waals surface area contributed by atoms with Crippen LogP contribution in [0.3, 0.4) is 0 Å². The number of rotatable bonds is 4. The van der Waals surface area contributed by atoms with Crippen LogP contribution in [0.2, 0.25) is 0 Å². The molecule has 104 valence electrons. The lowest BCUT2D eigenvalue weighted by Gasteiger charge is -2.12. The molecule has 2 unspecified atom stereocenters. The molecule has 0 amide bonds. The second-order valence-electron chi connectivity index (χ2n) is 4.91. The maximum Gasteiger partial charge on any atom is 0.191 e. The van der Waals surface area contributed by atoms with Gasteiger partial charge in [-0.2, -0.15) is 0 Å². The molecule has 1 saturated carbocycles. The van der Waals surface area contributed by atoms with Gasteiger partial charge in [-0.05, 0) is 30.9 Å². The zero-order valence-corrected chi connectivity index (χ0v) is 11.2. The predicted molar refractivity (Wildman–Crippen MR) is 72.1 cm³/mol. The second-order valence-corrected chi connectivity index (χ2v) is 4.91. The number of hydrogen-bond acceptors (Lipinski definition) is 1. The average Bonchev–Trinajstić information content (AvgIpc) is 3.07. The summed E-state index contributed by atoms with van der Waals surface area (Å²) >= 11 is 0. The van der Waals surface area contributed by atoms with Gasteiger partial charge < -0.3 is 10.6 Å². The molecule has 0 saturated heterocycles. The van der Waals surface area contributed by atoms with E-state index in [0.717, 1.165) is 6.42 Å². The fraction of sp³-hybridized carbons (Fsp3) is 0.500. The van der Waals surface area contributed by atoms with Crippen molar-refractivity contribution in [2.24, 2.45) is 10.9 Å². The summed E-state index contributed by atoms with van der Waals surface area (Å²) in [4.78, 5) is 4.09. The first-order valence-electron chi connectivity index (χ1n) is 6.52. The Balaban J connectivity index is 1.82. The van der Waals surface area contributed by atoms with Crippen LogP contribution in [0.5, 0.6) is 0 Å². The van der Waals surface area contributed by atoms with Gasteiger partial charge in [0.05, 0.1) is 0 Å². The Morgan fingerprint density at radius 3 is 2.53 bits per heavy atom. The van der Waals surface area contributed by atoms with E-state index >= 15 is 0 Å². The smallest absolute Gasteiger partial charge is 0.191 e. The van der Waals surface area contributed by atoms with Crippen LogP contribution in [0, 0.1) is 17.6 Å². The van der Waals surface area contributed by atoms with Crippen LogP contribution in [0.25, 0.3) is 0 Å².